The highest BCUT2D eigenvalue weighted by Crippen LogP contribution is 2.23. The summed E-state index contributed by atoms with van der Waals surface area (Å²) >= 11 is 3.33. The second-order valence-corrected chi connectivity index (χ2v) is 3.63. The molecule has 0 spiro atoms. The summed E-state index contributed by atoms with van der Waals surface area (Å²) in [7, 11) is 0. The van der Waals surface area contributed by atoms with Crippen LogP contribution in [-0.2, 0) is 0 Å². The average Bonchev–Trinajstić information content (AvgIpc) is 2.20. The molecule has 0 saturated heterocycles. The van der Waals surface area contributed by atoms with Crippen molar-refractivity contribution in [1.29, 1.82) is 5.26 Å². The van der Waals surface area contributed by atoms with Crippen molar-refractivity contribution in [2.75, 3.05) is 18.5 Å². The fourth-order valence-corrected chi connectivity index (χ4v) is 1.54. The van der Waals surface area contributed by atoms with Crippen LogP contribution in [0.2, 0.25) is 0 Å². The van der Waals surface area contributed by atoms with Crippen LogP contribution >= 0.6 is 15.9 Å². The summed E-state index contributed by atoms with van der Waals surface area (Å²) in [6.07, 6.45) is 0.493. The monoisotopic (exact) mass is 256 g/mol. The molecule has 0 saturated carbocycles. The molecule has 1 aromatic carbocycles. The fourth-order valence-electron chi connectivity index (χ4n) is 1.02. The third kappa shape index (κ3) is 3.00. The lowest BCUT2D eigenvalue weighted by Gasteiger charge is -2.07. The predicted molar refractivity (Wildman–Crippen MR) is 57.9 cm³/mol. The topological polar surface area (TPSA) is 35.8 Å². The lowest BCUT2D eigenvalue weighted by Crippen LogP contribution is -2.02. The van der Waals surface area contributed by atoms with Gasteiger partial charge in [0.25, 0.3) is 0 Å². The SMILES string of the molecule is N#Cc1ccc(NCCCF)c(Br)c1. The van der Waals surface area contributed by atoms with E-state index in [0.29, 0.717) is 18.5 Å². The van der Waals surface area contributed by atoms with E-state index in [-0.39, 0.29) is 6.67 Å². The highest BCUT2D eigenvalue weighted by atomic mass is 79.9. The number of hydrogen-bond donors (Lipinski definition) is 1. The van der Waals surface area contributed by atoms with E-state index in [2.05, 4.69) is 21.2 Å². The van der Waals surface area contributed by atoms with Crippen molar-refractivity contribution in [3.05, 3.63) is 28.2 Å². The van der Waals surface area contributed by atoms with Crippen LogP contribution in [0.25, 0.3) is 0 Å². The van der Waals surface area contributed by atoms with E-state index in [0.717, 1.165) is 10.2 Å². The molecule has 0 bridgehead atoms. The van der Waals surface area contributed by atoms with Gasteiger partial charge in [0.2, 0.25) is 0 Å². The lowest BCUT2D eigenvalue weighted by atomic mass is 10.2. The molecule has 1 N–H and O–H groups in total. The van der Waals surface area contributed by atoms with Crippen molar-refractivity contribution in [3.63, 3.8) is 0 Å². The summed E-state index contributed by atoms with van der Waals surface area (Å²) in [5.41, 5.74) is 1.49. The third-order valence-electron chi connectivity index (χ3n) is 1.72. The molecule has 0 aliphatic heterocycles. The number of alkyl halides is 1. The van der Waals surface area contributed by atoms with Crippen LogP contribution in [0.4, 0.5) is 10.1 Å². The minimum Gasteiger partial charge on any atom is -0.384 e. The van der Waals surface area contributed by atoms with Gasteiger partial charge in [0, 0.05) is 16.7 Å². The van der Waals surface area contributed by atoms with Gasteiger partial charge in [-0.15, -0.1) is 0 Å². The first-order chi connectivity index (χ1) is 6.77. The summed E-state index contributed by atoms with van der Waals surface area (Å²) in [6, 6.07) is 7.31. The summed E-state index contributed by atoms with van der Waals surface area (Å²) in [5, 5.41) is 11.7. The zero-order valence-electron chi connectivity index (χ0n) is 7.56. The van der Waals surface area contributed by atoms with Crippen molar-refractivity contribution in [2.24, 2.45) is 0 Å². The van der Waals surface area contributed by atoms with Crippen LogP contribution < -0.4 is 5.32 Å². The molecule has 0 amide bonds. The number of rotatable bonds is 4. The van der Waals surface area contributed by atoms with Crippen LogP contribution in [0.15, 0.2) is 22.7 Å². The fraction of sp³-hybridized carbons (Fsp3) is 0.300. The van der Waals surface area contributed by atoms with Crippen molar-refractivity contribution in [1.82, 2.24) is 0 Å². The largest absolute Gasteiger partial charge is 0.384 e. The molecule has 0 aromatic heterocycles. The standard InChI is InChI=1S/C10H10BrFN2/c11-9-6-8(7-13)2-3-10(9)14-5-1-4-12/h2-3,6,14H,1,4-5H2. The van der Waals surface area contributed by atoms with Crippen LogP contribution in [-0.4, -0.2) is 13.2 Å². The second kappa shape index (κ2) is 5.61. The minimum atomic E-state index is -0.319. The molecule has 0 fully saturated rings. The van der Waals surface area contributed by atoms with Crippen LogP contribution in [0.1, 0.15) is 12.0 Å². The number of anilines is 1. The van der Waals surface area contributed by atoms with Gasteiger partial charge in [0.05, 0.1) is 18.3 Å². The summed E-state index contributed by atoms with van der Waals surface area (Å²) in [5.74, 6) is 0. The number of nitriles is 1. The minimum absolute atomic E-state index is 0.319. The van der Waals surface area contributed by atoms with E-state index in [1.807, 2.05) is 6.07 Å². The van der Waals surface area contributed by atoms with Crippen LogP contribution in [0, 0.1) is 11.3 Å². The van der Waals surface area contributed by atoms with Gasteiger partial charge in [0.15, 0.2) is 0 Å². The van der Waals surface area contributed by atoms with E-state index < -0.39 is 0 Å². The maximum atomic E-state index is 11.8. The molecular formula is C10H10BrFN2. The van der Waals surface area contributed by atoms with Crippen LogP contribution in [0.5, 0.6) is 0 Å². The predicted octanol–water partition coefficient (Wildman–Crippen LogP) is 3.09. The van der Waals surface area contributed by atoms with E-state index >= 15 is 0 Å². The van der Waals surface area contributed by atoms with Gasteiger partial charge in [-0.3, -0.25) is 4.39 Å². The summed E-state index contributed by atoms with van der Waals surface area (Å²) < 4.78 is 12.6. The number of nitrogens with one attached hydrogen (secondary N) is 1. The van der Waals surface area contributed by atoms with Crippen molar-refractivity contribution < 1.29 is 4.39 Å². The number of benzene rings is 1. The molecule has 14 heavy (non-hydrogen) atoms. The van der Waals surface area contributed by atoms with E-state index in [9.17, 15) is 4.39 Å². The smallest absolute Gasteiger partial charge is 0.0992 e. The van der Waals surface area contributed by atoms with E-state index in [1.54, 1.807) is 18.2 Å². The first-order valence-corrected chi connectivity index (χ1v) is 5.06. The Balaban J connectivity index is 2.65. The van der Waals surface area contributed by atoms with E-state index in [4.69, 9.17) is 5.26 Å². The van der Waals surface area contributed by atoms with Crippen molar-refractivity contribution in [3.8, 4) is 6.07 Å². The van der Waals surface area contributed by atoms with Crippen molar-refractivity contribution >= 4 is 21.6 Å². The molecule has 0 aliphatic rings. The molecule has 0 heterocycles. The number of halogens is 2. The Labute approximate surface area is 90.9 Å². The highest BCUT2D eigenvalue weighted by molar-refractivity contribution is 9.10. The zero-order valence-corrected chi connectivity index (χ0v) is 9.14. The number of hydrogen-bond acceptors (Lipinski definition) is 2. The van der Waals surface area contributed by atoms with Gasteiger partial charge >= 0.3 is 0 Å². The zero-order chi connectivity index (χ0) is 10.4. The Morgan fingerprint density at radius 1 is 1.50 bits per heavy atom. The van der Waals surface area contributed by atoms with Gasteiger partial charge in [-0.2, -0.15) is 5.26 Å². The third-order valence-corrected chi connectivity index (χ3v) is 2.38. The Morgan fingerprint density at radius 2 is 2.29 bits per heavy atom. The Kier molecular flexibility index (Phi) is 4.41. The van der Waals surface area contributed by atoms with E-state index in [1.165, 1.54) is 0 Å². The highest BCUT2D eigenvalue weighted by Gasteiger charge is 1.99. The molecule has 0 unspecified atom stereocenters. The first-order valence-electron chi connectivity index (χ1n) is 4.27. The van der Waals surface area contributed by atoms with Crippen LogP contribution in [0.3, 0.4) is 0 Å². The Hall–Kier alpha value is -1.08. The molecule has 4 heteroatoms. The Bertz CT molecular complexity index is 346. The second-order valence-electron chi connectivity index (χ2n) is 2.78. The first kappa shape index (κ1) is 11.0. The lowest BCUT2D eigenvalue weighted by molar-refractivity contribution is 0.481. The molecular weight excluding hydrogens is 247 g/mol. The quantitative estimate of drug-likeness (QED) is 0.841. The molecule has 0 atom stereocenters. The van der Waals surface area contributed by atoms with Gasteiger partial charge in [-0.1, -0.05) is 0 Å². The van der Waals surface area contributed by atoms with Gasteiger partial charge in [0.1, 0.15) is 0 Å². The van der Waals surface area contributed by atoms with Gasteiger partial charge < -0.3 is 5.32 Å². The molecule has 74 valence electrons. The average molecular weight is 257 g/mol. The van der Waals surface area contributed by atoms with Gasteiger partial charge in [-0.05, 0) is 40.5 Å². The van der Waals surface area contributed by atoms with Crippen molar-refractivity contribution in [2.45, 2.75) is 6.42 Å². The van der Waals surface area contributed by atoms with Gasteiger partial charge in [-0.25, -0.2) is 0 Å². The molecule has 1 aromatic rings. The molecule has 2 nitrogen and oxygen atoms in total. The normalized spacial score (nSPS) is 9.50. The maximum Gasteiger partial charge on any atom is 0.0992 e. The molecule has 0 aliphatic carbocycles. The molecule has 0 radical (unpaired) electrons. The number of nitrogens with zero attached hydrogens (tertiary/aromatic N) is 1. The molecule has 1 rings (SSSR count). The Morgan fingerprint density at radius 3 is 2.86 bits per heavy atom. The summed E-state index contributed by atoms with van der Waals surface area (Å²) in [4.78, 5) is 0. The maximum absolute atomic E-state index is 11.8. The summed E-state index contributed by atoms with van der Waals surface area (Å²) in [6.45, 7) is 0.280.